The first-order valence-electron chi connectivity index (χ1n) is 7.20. The highest BCUT2D eigenvalue weighted by molar-refractivity contribution is 7.92. The van der Waals surface area contributed by atoms with Crippen molar-refractivity contribution in [3.8, 4) is 0 Å². The standard InChI is InChI=1S/C12H21NO5S2/c14-11-7-9-1-2-10(8-11)13(9)20(17,18)12-3-5-19(15,16)6-4-12/h9-12,14H,1-8H2. The molecule has 2 atom stereocenters. The Morgan fingerprint density at radius 2 is 1.45 bits per heavy atom. The van der Waals surface area contributed by atoms with E-state index in [0.29, 0.717) is 12.8 Å². The van der Waals surface area contributed by atoms with Gasteiger partial charge in [-0.15, -0.1) is 0 Å². The van der Waals surface area contributed by atoms with E-state index in [2.05, 4.69) is 0 Å². The lowest BCUT2D eigenvalue weighted by molar-refractivity contribution is 0.0763. The summed E-state index contributed by atoms with van der Waals surface area (Å²) < 4.78 is 50.0. The van der Waals surface area contributed by atoms with Gasteiger partial charge < -0.3 is 5.11 Å². The van der Waals surface area contributed by atoms with Crippen molar-refractivity contribution < 1.29 is 21.9 Å². The largest absolute Gasteiger partial charge is 0.393 e. The fourth-order valence-corrected chi connectivity index (χ4v) is 8.04. The van der Waals surface area contributed by atoms with Crippen LogP contribution in [0.15, 0.2) is 0 Å². The number of hydrogen-bond acceptors (Lipinski definition) is 5. The van der Waals surface area contributed by atoms with E-state index < -0.39 is 31.2 Å². The Labute approximate surface area is 120 Å². The molecule has 0 aliphatic carbocycles. The van der Waals surface area contributed by atoms with Crippen molar-refractivity contribution in [1.82, 2.24) is 4.31 Å². The van der Waals surface area contributed by atoms with Crippen LogP contribution in [0, 0.1) is 0 Å². The lowest BCUT2D eigenvalue weighted by Crippen LogP contribution is -2.52. The molecule has 0 aromatic carbocycles. The predicted octanol–water partition coefficient (Wildman–Crippen LogP) is -0.119. The summed E-state index contributed by atoms with van der Waals surface area (Å²) in [5, 5.41) is 9.19. The van der Waals surface area contributed by atoms with Crippen molar-refractivity contribution >= 4 is 19.9 Å². The molecule has 116 valence electrons. The number of nitrogens with zero attached hydrogens (tertiary/aromatic N) is 1. The summed E-state index contributed by atoms with van der Waals surface area (Å²) in [7, 11) is -6.49. The number of rotatable bonds is 2. The van der Waals surface area contributed by atoms with Crippen molar-refractivity contribution in [2.24, 2.45) is 0 Å². The van der Waals surface area contributed by atoms with Crippen LogP contribution in [0.4, 0.5) is 0 Å². The van der Waals surface area contributed by atoms with Gasteiger partial charge in [0.05, 0.1) is 22.9 Å². The van der Waals surface area contributed by atoms with Crippen molar-refractivity contribution in [2.75, 3.05) is 11.5 Å². The molecular formula is C12H21NO5S2. The molecule has 0 amide bonds. The van der Waals surface area contributed by atoms with Gasteiger partial charge in [0.1, 0.15) is 9.84 Å². The quantitative estimate of drug-likeness (QED) is 0.765. The van der Waals surface area contributed by atoms with Crippen molar-refractivity contribution in [3.05, 3.63) is 0 Å². The summed E-state index contributed by atoms with van der Waals surface area (Å²) >= 11 is 0. The maximum Gasteiger partial charge on any atom is 0.217 e. The molecule has 2 bridgehead atoms. The number of aliphatic hydroxyl groups excluding tert-OH is 1. The molecule has 3 rings (SSSR count). The zero-order chi connectivity index (χ0) is 14.5. The van der Waals surface area contributed by atoms with E-state index in [4.69, 9.17) is 0 Å². The Kier molecular flexibility index (Phi) is 3.63. The van der Waals surface area contributed by atoms with Crippen LogP contribution >= 0.6 is 0 Å². The monoisotopic (exact) mass is 323 g/mol. The van der Waals surface area contributed by atoms with Gasteiger partial charge in [0.25, 0.3) is 0 Å². The number of aliphatic hydroxyl groups is 1. The molecule has 3 fully saturated rings. The smallest absolute Gasteiger partial charge is 0.217 e. The Morgan fingerprint density at radius 3 is 1.95 bits per heavy atom. The molecule has 0 spiro atoms. The van der Waals surface area contributed by atoms with Crippen molar-refractivity contribution in [3.63, 3.8) is 0 Å². The Morgan fingerprint density at radius 1 is 0.950 bits per heavy atom. The van der Waals surface area contributed by atoms with Crippen LogP contribution in [0.1, 0.15) is 38.5 Å². The van der Waals surface area contributed by atoms with Crippen LogP contribution in [0.5, 0.6) is 0 Å². The minimum Gasteiger partial charge on any atom is -0.393 e. The van der Waals surface area contributed by atoms with Crippen LogP contribution in [-0.4, -0.2) is 61.2 Å². The molecule has 0 saturated carbocycles. The highest BCUT2D eigenvalue weighted by Gasteiger charge is 2.49. The fourth-order valence-electron chi connectivity index (χ4n) is 3.86. The highest BCUT2D eigenvalue weighted by atomic mass is 32.2. The normalized spacial score (nSPS) is 39.0. The molecule has 1 N–H and O–H groups in total. The SMILES string of the molecule is O=S1(=O)CCC(S(=O)(=O)N2C3CCC2CC(O)C3)CC1. The number of fused-ring (bicyclic) bond motifs is 2. The summed E-state index contributed by atoms with van der Waals surface area (Å²) in [6.07, 6.45) is 2.68. The number of piperidine rings is 1. The second-order valence-electron chi connectivity index (χ2n) is 6.24. The summed E-state index contributed by atoms with van der Waals surface area (Å²) in [6.45, 7) is 0. The molecular weight excluding hydrogens is 302 g/mol. The molecule has 3 saturated heterocycles. The maximum atomic E-state index is 12.8. The van der Waals surface area contributed by atoms with Gasteiger partial charge in [-0.1, -0.05) is 0 Å². The van der Waals surface area contributed by atoms with Crippen LogP contribution in [0.2, 0.25) is 0 Å². The zero-order valence-electron chi connectivity index (χ0n) is 11.3. The summed E-state index contributed by atoms with van der Waals surface area (Å²) in [5.41, 5.74) is 0. The molecule has 0 aromatic heterocycles. The molecule has 20 heavy (non-hydrogen) atoms. The average molecular weight is 323 g/mol. The third-order valence-corrected chi connectivity index (χ3v) is 9.07. The molecule has 8 heteroatoms. The minimum absolute atomic E-state index is 0.0251. The average Bonchev–Trinajstić information content (AvgIpc) is 2.62. The van der Waals surface area contributed by atoms with E-state index in [0.717, 1.165) is 12.8 Å². The van der Waals surface area contributed by atoms with E-state index in [1.54, 1.807) is 4.31 Å². The topological polar surface area (TPSA) is 91.8 Å². The summed E-state index contributed by atoms with van der Waals surface area (Å²) in [4.78, 5) is 0. The second kappa shape index (κ2) is 4.93. The predicted molar refractivity (Wildman–Crippen MR) is 74.5 cm³/mol. The molecule has 2 unspecified atom stereocenters. The van der Waals surface area contributed by atoms with Crippen LogP contribution in [0.3, 0.4) is 0 Å². The van der Waals surface area contributed by atoms with Gasteiger partial charge in [0.2, 0.25) is 10.0 Å². The minimum atomic E-state index is -3.44. The van der Waals surface area contributed by atoms with Gasteiger partial charge in [-0.3, -0.25) is 0 Å². The summed E-state index contributed by atoms with van der Waals surface area (Å²) in [5.74, 6) is -0.0502. The van der Waals surface area contributed by atoms with Crippen molar-refractivity contribution in [2.45, 2.75) is 62.0 Å². The van der Waals surface area contributed by atoms with E-state index >= 15 is 0 Å². The third-order valence-electron chi connectivity index (χ3n) is 4.86. The number of hydrogen-bond donors (Lipinski definition) is 1. The van der Waals surface area contributed by atoms with Gasteiger partial charge in [-0.2, -0.15) is 4.31 Å². The lowest BCUT2D eigenvalue weighted by Gasteiger charge is -2.38. The van der Waals surface area contributed by atoms with Crippen LogP contribution in [0.25, 0.3) is 0 Å². The third kappa shape index (κ3) is 2.51. The lowest BCUT2D eigenvalue weighted by atomic mass is 10.0. The van der Waals surface area contributed by atoms with Gasteiger partial charge >= 0.3 is 0 Å². The first-order chi connectivity index (χ1) is 9.29. The summed E-state index contributed by atoms with van der Waals surface area (Å²) in [6, 6.07) is -0.181. The maximum absolute atomic E-state index is 12.8. The molecule has 6 nitrogen and oxygen atoms in total. The fraction of sp³-hybridized carbons (Fsp3) is 1.00. The van der Waals surface area contributed by atoms with E-state index in [9.17, 15) is 21.9 Å². The second-order valence-corrected chi connectivity index (χ2v) is 10.7. The first-order valence-corrected chi connectivity index (χ1v) is 10.5. The van der Waals surface area contributed by atoms with E-state index in [1.165, 1.54) is 0 Å². The Hall–Kier alpha value is -0.180. The molecule has 3 aliphatic heterocycles. The Balaban J connectivity index is 1.80. The molecule has 3 heterocycles. The van der Waals surface area contributed by atoms with E-state index in [-0.39, 0.29) is 36.4 Å². The highest BCUT2D eigenvalue weighted by Crippen LogP contribution is 2.40. The van der Waals surface area contributed by atoms with Gasteiger partial charge in [0.15, 0.2) is 0 Å². The molecule has 3 aliphatic rings. The van der Waals surface area contributed by atoms with Gasteiger partial charge in [0, 0.05) is 12.1 Å². The van der Waals surface area contributed by atoms with Crippen molar-refractivity contribution in [1.29, 1.82) is 0 Å². The van der Waals surface area contributed by atoms with Gasteiger partial charge in [-0.25, -0.2) is 16.8 Å². The Bertz CT molecular complexity index is 557. The number of sulfonamides is 1. The molecule has 0 aromatic rings. The van der Waals surface area contributed by atoms with E-state index in [1.807, 2.05) is 0 Å². The zero-order valence-corrected chi connectivity index (χ0v) is 12.9. The van der Waals surface area contributed by atoms with Crippen LogP contribution in [-0.2, 0) is 19.9 Å². The number of sulfone groups is 1. The van der Waals surface area contributed by atoms with Crippen LogP contribution < -0.4 is 0 Å². The molecule has 0 radical (unpaired) electrons. The first kappa shape index (κ1) is 14.7. The van der Waals surface area contributed by atoms with Gasteiger partial charge in [-0.05, 0) is 38.5 Å².